The van der Waals surface area contributed by atoms with Crippen LogP contribution >= 0.6 is 0 Å². The van der Waals surface area contributed by atoms with Crippen LogP contribution in [-0.4, -0.2) is 19.2 Å². The zero-order valence-electron chi connectivity index (χ0n) is 16.1. The summed E-state index contributed by atoms with van der Waals surface area (Å²) in [5, 5.41) is 2.93. The van der Waals surface area contributed by atoms with Gasteiger partial charge >= 0.3 is 0 Å². The number of amides is 1. The minimum absolute atomic E-state index is 0.142. The Hall–Kier alpha value is -3.29. The lowest BCUT2D eigenvalue weighted by molar-refractivity contribution is 0.0900. The highest BCUT2D eigenvalue weighted by Crippen LogP contribution is 2.27. The first kappa shape index (κ1) is 19.0. The van der Waals surface area contributed by atoms with Crippen molar-refractivity contribution >= 4 is 5.91 Å². The van der Waals surface area contributed by atoms with Crippen molar-refractivity contribution in [2.75, 3.05) is 7.11 Å². The molecular weight excluding hydrogens is 370 g/mol. The minimum Gasteiger partial charge on any atom is -0.493 e. The van der Waals surface area contributed by atoms with Crippen LogP contribution in [0, 0.1) is 0 Å². The van der Waals surface area contributed by atoms with Crippen molar-refractivity contribution < 1.29 is 18.7 Å². The predicted molar refractivity (Wildman–Crippen MR) is 107 cm³/mol. The fourth-order valence-corrected chi connectivity index (χ4v) is 3.25. The fraction of sp³-hybridized carbons (Fsp3) is 0.227. The zero-order chi connectivity index (χ0) is 20.1. The van der Waals surface area contributed by atoms with Crippen molar-refractivity contribution in [3.05, 3.63) is 83.8 Å². The molecule has 1 saturated heterocycles. The quantitative estimate of drug-likeness (QED) is 0.572. The topological polar surface area (TPSA) is 84.8 Å². The van der Waals surface area contributed by atoms with Gasteiger partial charge in [-0.05, 0) is 29.8 Å². The van der Waals surface area contributed by atoms with Gasteiger partial charge in [0, 0.05) is 12.5 Å². The molecule has 1 aromatic heterocycles. The van der Waals surface area contributed by atoms with Crippen LogP contribution in [0.4, 0.5) is 0 Å². The van der Waals surface area contributed by atoms with Crippen LogP contribution in [0.1, 0.15) is 34.3 Å². The van der Waals surface area contributed by atoms with E-state index in [0.717, 1.165) is 6.42 Å². The summed E-state index contributed by atoms with van der Waals surface area (Å²) in [7, 11) is 1.59. The van der Waals surface area contributed by atoms with Gasteiger partial charge in [0.1, 0.15) is 12.4 Å². The molecule has 3 N–H and O–H groups in total. The zero-order valence-corrected chi connectivity index (χ0v) is 16.1. The maximum Gasteiger partial charge on any atom is 0.288 e. The van der Waals surface area contributed by atoms with Crippen molar-refractivity contribution in [1.82, 2.24) is 16.2 Å². The number of rotatable bonds is 7. The van der Waals surface area contributed by atoms with E-state index in [4.69, 9.17) is 13.9 Å². The molecule has 1 aliphatic rings. The van der Waals surface area contributed by atoms with Gasteiger partial charge in [-0.3, -0.25) is 4.79 Å². The molecule has 1 fully saturated rings. The molecule has 0 saturated carbocycles. The monoisotopic (exact) mass is 393 g/mol. The molecule has 4 rings (SSSR count). The van der Waals surface area contributed by atoms with Crippen LogP contribution in [0.2, 0.25) is 0 Å². The Labute approximate surface area is 169 Å². The van der Waals surface area contributed by atoms with E-state index in [1.54, 1.807) is 19.2 Å². The number of furan rings is 1. The Morgan fingerprint density at radius 2 is 1.79 bits per heavy atom. The SMILES string of the molecule is COc1ccccc1OCc1ccc(C(=O)NC2CC(c3ccccc3)NN2)o1. The van der Waals surface area contributed by atoms with Gasteiger partial charge < -0.3 is 19.2 Å². The van der Waals surface area contributed by atoms with E-state index < -0.39 is 0 Å². The first-order valence-electron chi connectivity index (χ1n) is 9.44. The van der Waals surface area contributed by atoms with E-state index in [9.17, 15) is 4.79 Å². The summed E-state index contributed by atoms with van der Waals surface area (Å²) in [6, 6.07) is 21.0. The Balaban J connectivity index is 1.31. The Morgan fingerprint density at radius 3 is 2.59 bits per heavy atom. The van der Waals surface area contributed by atoms with Gasteiger partial charge in [0.15, 0.2) is 17.3 Å². The number of benzene rings is 2. The van der Waals surface area contributed by atoms with Crippen molar-refractivity contribution in [1.29, 1.82) is 0 Å². The van der Waals surface area contributed by atoms with Crippen LogP contribution in [0.25, 0.3) is 0 Å². The van der Waals surface area contributed by atoms with E-state index >= 15 is 0 Å². The van der Waals surface area contributed by atoms with Gasteiger partial charge in [-0.1, -0.05) is 42.5 Å². The summed E-state index contributed by atoms with van der Waals surface area (Å²) in [5.41, 5.74) is 7.49. The van der Waals surface area contributed by atoms with Crippen LogP contribution in [-0.2, 0) is 6.61 Å². The number of ether oxygens (including phenoxy) is 2. The fourth-order valence-electron chi connectivity index (χ4n) is 3.25. The van der Waals surface area contributed by atoms with E-state index in [2.05, 4.69) is 28.3 Å². The third-order valence-electron chi connectivity index (χ3n) is 4.73. The predicted octanol–water partition coefficient (Wildman–Crippen LogP) is 3.16. The van der Waals surface area contributed by atoms with Crippen LogP contribution in [0.15, 0.2) is 71.1 Å². The third-order valence-corrected chi connectivity index (χ3v) is 4.73. The molecule has 7 nitrogen and oxygen atoms in total. The molecule has 1 aliphatic heterocycles. The highest BCUT2D eigenvalue weighted by Gasteiger charge is 2.27. The summed E-state index contributed by atoms with van der Waals surface area (Å²) >= 11 is 0. The Morgan fingerprint density at radius 1 is 1.03 bits per heavy atom. The molecule has 2 atom stereocenters. The maximum atomic E-state index is 12.5. The van der Waals surface area contributed by atoms with Crippen LogP contribution < -0.4 is 25.6 Å². The first-order valence-corrected chi connectivity index (χ1v) is 9.44. The lowest BCUT2D eigenvalue weighted by atomic mass is 10.0. The number of methoxy groups -OCH3 is 1. The summed E-state index contributed by atoms with van der Waals surface area (Å²) in [4.78, 5) is 12.5. The number of hydrogen-bond donors (Lipinski definition) is 3. The van der Waals surface area contributed by atoms with Gasteiger partial charge in [0.25, 0.3) is 5.91 Å². The summed E-state index contributed by atoms with van der Waals surface area (Å²) in [6.07, 6.45) is 0.548. The molecule has 2 heterocycles. The number of para-hydroxylation sites is 2. The van der Waals surface area contributed by atoms with Gasteiger partial charge in [0.2, 0.25) is 0 Å². The lowest BCUT2D eigenvalue weighted by Gasteiger charge is -2.11. The van der Waals surface area contributed by atoms with E-state index in [0.29, 0.717) is 17.3 Å². The summed E-state index contributed by atoms with van der Waals surface area (Å²) < 4.78 is 16.6. The number of nitrogens with one attached hydrogen (secondary N) is 3. The molecule has 2 unspecified atom stereocenters. The molecule has 150 valence electrons. The van der Waals surface area contributed by atoms with Crippen molar-refractivity contribution in [3.63, 3.8) is 0 Å². The maximum absolute atomic E-state index is 12.5. The van der Waals surface area contributed by atoms with Gasteiger partial charge in [-0.15, -0.1) is 0 Å². The molecule has 0 radical (unpaired) electrons. The van der Waals surface area contributed by atoms with Gasteiger partial charge in [-0.25, -0.2) is 10.9 Å². The minimum atomic E-state index is -0.276. The average molecular weight is 393 g/mol. The number of hydrogen-bond acceptors (Lipinski definition) is 6. The Kier molecular flexibility index (Phi) is 5.79. The van der Waals surface area contributed by atoms with E-state index in [1.165, 1.54) is 5.56 Å². The van der Waals surface area contributed by atoms with Crippen molar-refractivity contribution in [2.24, 2.45) is 0 Å². The second-order valence-corrected chi connectivity index (χ2v) is 6.72. The van der Waals surface area contributed by atoms with Crippen LogP contribution in [0.3, 0.4) is 0 Å². The number of hydrazine groups is 1. The summed E-state index contributed by atoms with van der Waals surface area (Å²) in [6.45, 7) is 0.201. The van der Waals surface area contributed by atoms with Crippen LogP contribution in [0.5, 0.6) is 11.5 Å². The summed E-state index contributed by atoms with van der Waals surface area (Å²) in [5.74, 6) is 1.78. The van der Waals surface area contributed by atoms with Crippen molar-refractivity contribution in [3.8, 4) is 11.5 Å². The molecule has 0 bridgehead atoms. The highest BCUT2D eigenvalue weighted by atomic mass is 16.5. The second kappa shape index (κ2) is 8.81. The lowest BCUT2D eigenvalue weighted by Crippen LogP contribution is -2.44. The van der Waals surface area contributed by atoms with Gasteiger partial charge in [-0.2, -0.15) is 0 Å². The third kappa shape index (κ3) is 4.59. The molecule has 1 amide bonds. The molecule has 2 aromatic carbocycles. The molecular formula is C22H23N3O4. The molecule has 0 spiro atoms. The number of carbonyl (C=O) groups excluding carboxylic acids is 1. The Bertz CT molecular complexity index is 957. The average Bonchev–Trinajstić information content (AvgIpc) is 3.43. The smallest absolute Gasteiger partial charge is 0.288 e. The molecule has 3 aromatic rings. The second-order valence-electron chi connectivity index (χ2n) is 6.72. The molecule has 29 heavy (non-hydrogen) atoms. The van der Waals surface area contributed by atoms with E-state index in [-0.39, 0.29) is 30.5 Å². The molecule has 0 aliphatic carbocycles. The highest BCUT2D eigenvalue weighted by molar-refractivity contribution is 5.91. The standard InChI is InChI=1S/C22H23N3O4/c1-27-18-9-5-6-10-19(18)28-14-16-11-12-20(29-16)22(26)23-21-13-17(24-25-21)15-7-3-2-4-8-15/h2-12,17,21,24-25H,13-14H2,1H3,(H,23,26). The normalized spacial score (nSPS) is 18.4. The molecule has 7 heteroatoms. The number of carbonyl (C=O) groups is 1. The largest absolute Gasteiger partial charge is 0.493 e. The van der Waals surface area contributed by atoms with Gasteiger partial charge in [0.05, 0.1) is 13.3 Å². The van der Waals surface area contributed by atoms with E-state index in [1.807, 2.05) is 42.5 Å². The first-order chi connectivity index (χ1) is 14.2. The van der Waals surface area contributed by atoms with Crippen molar-refractivity contribution in [2.45, 2.75) is 25.2 Å².